The second kappa shape index (κ2) is 5.98. The Balaban J connectivity index is 2.57. The first-order valence-electron chi connectivity index (χ1n) is 4.81. The zero-order valence-corrected chi connectivity index (χ0v) is 8.67. The van der Waals surface area contributed by atoms with E-state index in [4.69, 9.17) is 0 Å². The Bertz CT molecular complexity index is 336. The first-order valence-corrected chi connectivity index (χ1v) is 4.81. The van der Waals surface area contributed by atoms with Crippen molar-refractivity contribution < 1.29 is 0 Å². The smallest absolute Gasteiger partial charge is 0.130 e. The van der Waals surface area contributed by atoms with E-state index in [1.54, 1.807) is 6.33 Å². The van der Waals surface area contributed by atoms with Crippen molar-refractivity contribution in [2.75, 3.05) is 11.9 Å². The minimum absolute atomic E-state index is 0.638. The average molecular weight is 189 g/mol. The fourth-order valence-electron chi connectivity index (χ4n) is 1.11. The highest BCUT2D eigenvalue weighted by atomic mass is 15.0. The van der Waals surface area contributed by atoms with Gasteiger partial charge in [-0.3, -0.25) is 0 Å². The maximum atomic E-state index is 4.17. The van der Waals surface area contributed by atoms with E-state index in [1.165, 1.54) is 0 Å². The molecule has 3 heteroatoms. The fourth-order valence-corrected chi connectivity index (χ4v) is 1.11. The Morgan fingerprint density at radius 1 is 1.43 bits per heavy atom. The molecular formula is C11H15N3. The molecule has 0 radical (unpaired) electrons. The van der Waals surface area contributed by atoms with E-state index in [9.17, 15) is 0 Å². The lowest BCUT2D eigenvalue weighted by molar-refractivity contribution is 0.872. The molecule has 1 aromatic heterocycles. The van der Waals surface area contributed by atoms with Crippen LogP contribution in [0.2, 0.25) is 0 Å². The molecule has 74 valence electrons. The van der Waals surface area contributed by atoms with Crippen LogP contribution in [0.5, 0.6) is 0 Å². The first-order chi connectivity index (χ1) is 6.86. The molecule has 0 aromatic carbocycles. The van der Waals surface area contributed by atoms with Crippen LogP contribution in [0.3, 0.4) is 0 Å². The highest BCUT2D eigenvalue weighted by Gasteiger charge is 1.95. The quantitative estimate of drug-likeness (QED) is 0.735. The van der Waals surface area contributed by atoms with Gasteiger partial charge in [-0.2, -0.15) is 0 Å². The van der Waals surface area contributed by atoms with Gasteiger partial charge in [0.05, 0.1) is 6.54 Å². The summed E-state index contributed by atoms with van der Waals surface area (Å²) in [6.45, 7) is 4.60. The third-order valence-electron chi connectivity index (χ3n) is 1.76. The van der Waals surface area contributed by atoms with Crippen LogP contribution in [-0.2, 0) is 6.42 Å². The summed E-state index contributed by atoms with van der Waals surface area (Å²) < 4.78 is 0. The van der Waals surface area contributed by atoms with E-state index >= 15 is 0 Å². The Morgan fingerprint density at radius 2 is 2.29 bits per heavy atom. The second-order valence-electron chi connectivity index (χ2n) is 2.92. The number of aromatic nitrogens is 2. The summed E-state index contributed by atoms with van der Waals surface area (Å²) in [4.78, 5) is 8.27. The van der Waals surface area contributed by atoms with Gasteiger partial charge in [0.25, 0.3) is 0 Å². The molecule has 0 amide bonds. The third kappa shape index (κ3) is 3.44. The molecule has 0 bridgehead atoms. The van der Waals surface area contributed by atoms with Gasteiger partial charge < -0.3 is 5.32 Å². The SMILES string of the molecule is CC#CCNc1cc(CCC)ncn1. The van der Waals surface area contributed by atoms with E-state index in [1.807, 2.05) is 13.0 Å². The minimum Gasteiger partial charge on any atom is -0.359 e. The van der Waals surface area contributed by atoms with Gasteiger partial charge in [0, 0.05) is 11.8 Å². The molecule has 1 rings (SSSR count). The van der Waals surface area contributed by atoms with Crippen molar-refractivity contribution in [1.29, 1.82) is 0 Å². The number of aryl methyl sites for hydroxylation is 1. The van der Waals surface area contributed by atoms with Gasteiger partial charge in [-0.15, -0.1) is 5.92 Å². The Morgan fingerprint density at radius 3 is 3.00 bits per heavy atom. The van der Waals surface area contributed by atoms with Crippen molar-refractivity contribution in [3.8, 4) is 11.8 Å². The lowest BCUT2D eigenvalue weighted by Gasteiger charge is -2.02. The highest BCUT2D eigenvalue weighted by molar-refractivity contribution is 5.36. The van der Waals surface area contributed by atoms with E-state index in [0.717, 1.165) is 24.4 Å². The van der Waals surface area contributed by atoms with Crippen LogP contribution in [0.4, 0.5) is 5.82 Å². The molecule has 3 nitrogen and oxygen atoms in total. The lowest BCUT2D eigenvalue weighted by atomic mass is 10.2. The maximum Gasteiger partial charge on any atom is 0.130 e. The van der Waals surface area contributed by atoms with Crippen molar-refractivity contribution in [2.45, 2.75) is 26.7 Å². The number of nitrogens with one attached hydrogen (secondary N) is 1. The van der Waals surface area contributed by atoms with Crippen LogP contribution in [0.25, 0.3) is 0 Å². The van der Waals surface area contributed by atoms with Crippen molar-refractivity contribution in [3.63, 3.8) is 0 Å². The fraction of sp³-hybridized carbons (Fsp3) is 0.455. The molecule has 0 spiro atoms. The average Bonchev–Trinajstić information content (AvgIpc) is 2.19. The van der Waals surface area contributed by atoms with Crippen molar-refractivity contribution >= 4 is 5.82 Å². The zero-order chi connectivity index (χ0) is 10.2. The maximum absolute atomic E-state index is 4.17. The zero-order valence-electron chi connectivity index (χ0n) is 8.67. The van der Waals surface area contributed by atoms with E-state index in [2.05, 4.69) is 34.0 Å². The predicted molar refractivity (Wildman–Crippen MR) is 58.0 cm³/mol. The Labute approximate surface area is 85.0 Å². The van der Waals surface area contributed by atoms with E-state index in [-0.39, 0.29) is 0 Å². The van der Waals surface area contributed by atoms with Crippen molar-refractivity contribution in [1.82, 2.24) is 9.97 Å². The minimum atomic E-state index is 0.638. The monoisotopic (exact) mass is 189 g/mol. The molecule has 1 N–H and O–H groups in total. The van der Waals surface area contributed by atoms with Crippen LogP contribution in [0, 0.1) is 11.8 Å². The van der Waals surface area contributed by atoms with Gasteiger partial charge >= 0.3 is 0 Å². The van der Waals surface area contributed by atoms with Crippen molar-refractivity contribution in [3.05, 3.63) is 18.1 Å². The summed E-state index contributed by atoms with van der Waals surface area (Å²) in [5.74, 6) is 6.60. The number of anilines is 1. The number of rotatable bonds is 4. The van der Waals surface area contributed by atoms with Crippen LogP contribution in [-0.4, -0.2) is 16.5 Å². The summed E-state index contributed by atoms with van der Waals surface area (Å²) in [5, 5.41) is 3.12. The summed E-state index contributed by atoms with van der Waals surface area (Å²) >= 11 is 0. The normalized spacial score (nSPS) is 9.00. The summed E-state index contributed by atoms with van der Waals surface area (Å²) in [6, 6.07) is 1.97. The Kier molecular flexibility index (Phi) is 4.49. The van der Waals surface area contributed by atoms with Crippen LogP contribution >= 0.6 is 0 Å². The molecule has 0 fully saturated rings. The largest absolute Gasteiger partial charge is 0.359 e. The molecule has 0 atom stereocenters. The molecule has 0 unspecified atom stereocenters. The predicted octanol–water partition coefficient (Wildman–Crippen LogP) is 1.86. The summed E-state index contributed by atoms with van der Waals surface area (Å²) in [7, 11) is 0. The van der Waals surface area contributed by atoms with Gasteiger partial charge in [-0.25, -0.2) is 9.97 Å². The van der Waals surface area contributed by atoms with Gasteiger partial charge in [0.15, 0.2) is 0 Å². The highest BCUT2D eigenvalue weighted by Crippen LogP contribution is 2.04. The summed E-state index contributed by atoms with van der Waals surface area (Å²) in [5.41, 5.74) is 1.08. The number of hydrogen-bond donors (Lipinski definition) is 1. The van der Waals surface area contributed by atoms with Crippen molar-refractivity contribution in [2.24, 2.45) is 0 Å². The molecule has 0 saturated heterocycles. The molecule has 0 aliphatic rings. The Hall–Kier alpha value is -1.56. The molecule has 0 saturated carbocycles. The van der Waals surface area contributed by atoms with Crippen LogP contribution in [0.15, 0.2) is 12.4 Å². The molecule has 1 heterocycles. The van der Waals surface area contributed by atoms with Gasteiger partial charge in [-0.05, 0) is 13.3 Å². The molecule has 0 aliphatic carbocycles. The molecule has 14 heavy (non-hydrogen) atoms. The van der Waals surface area contributed by atoms with E-state index in [0.29, 0.717) is 6.54 Å². The van der Waals surface area contributed by atoms with Gasteiger partial charge in [0.2, 0.25) is 0 Å². The number of hydrogen-bond acceptors (Lipinski definition) is 3. The summed E-state index contributed by atoms with van der Waals surface area (Å²) in [6.07, 6.45) is 3.69. The molecular weight excluding hydrogens is 174 g/mol. The van der Waals surface area contributed by atoms with Gasteiger partial charge in [0.1, 0.15) is 12.1 Å². The number of nitrogens with zero attached hydrogens (tertiary/aromatic N) is 2. The topological polar surface area (TPSA) is 37.8 Å². The second-order valence-corrected chi connectivity index (χ2v) is 2.92. The third-order valence-corrected chi connectivity index (χ3v) is 1.76. The molecule has 1 aromatic rings. The molecule has 0 aliphatic heterocycles. The van der Waals surface area contributed by atoms with E-state index < -0.39 is 0 Å². The lowest BCUT2D eigenvalue weighted by Crippen LogP contribution is -2.02. The standard InChI is InChI=1S/C11H15N3/c1-3-5-7-12-11-8-10(6-4-2)13-9-14-11/h8-9H,4,6-7H2,1-2H3,(H,12,13,14). The van der Waals surface area contributed by atoms with Crippen LogP contribution in [0.1, 0.15) is 26.0 Å². The first kappa shape index (κ1) is 10.5. The van der Waals surface area contributed by atoms with Crippen LogP contribution < -0.4 is 5.32 Å². The van der Waals surface area contributed by atoms with Gasteiger partial charge in [-0.1, -0.05) is 19.3 Å².